The van der Waals surface area contributed by atoms with Gasteiger partial charge in [0.1, 0.15) is 0 Å². The molecule has 2 unspecified atom stereocenters. The van der Waals surface area contributed by atoms with Crippen LogP contribution in [0.4, 0.5) is 48.3 Å². The number of Topliss-reactive ketones (excluding diaryl/α,β-unsaturated/α-hetero) is 2. The molecule has 14 heteroatoms. The first kappa shape index (κ1) is 29.7. The third-order valence-corrected chi connectivity index (χ3v) is 5.66. The number of fused-ring (bicyclic) bond motifs is 1. The Balaban J connectivity index is 2.61. The van der Waals surface area contributed by atoms with E-state index in [0.29, 0.717) is 0 Å². The van der Waals surface area contributed by atoms with Crippen LogP contribution in [0.3, 0.4) is 0 Å². The SMILES string of the molecule is CCCCC(CC(F)(OC(F)(F)C(F)(F)C(F)(F)F)C(F)(F)F)C1=C(C)C(=O)c2ccccc2C1=O. The second-order valence-corrected chi connectivity index (χ2v) is 8.20. The van der Waals surface area contributed by atoms with E-state index in [1.165, 1.54) is 25.1 Å². The maximum Gasteiger partial charge on any atom is 0.462 e. The Kier molecular flexibility index (Phi) is 8.05. The standard InChI is InChI=1S/C22H19F11O3/c1-3-4-7-12(15-11(2)16(34)13-8-5-6-9-14(13)17(15)35)10-18(23,20(26,27)28)36-22(32,33)19(24,25)21(29,30)31/h5-6,8-9,12H,3-4,7,10H2,1-2H3. The number of hydrogen-bond donors (Lipinski definition) is 0. The van der Waals surface area contributed by atoms with E-state index in [1.54, 1.807) is 0 Å². The predicted molar refractivity (Wildman–Crippen MR) is 102 cm³/mol. The number of ether oxygens (including phenoxy) is 1. The lowest BCUT2D eigenvalue weighted by Gasteiger charge is -2.37. The summed E-state index contributed by atoms with van der Waals surface area (Å²) in [5.74, 6) is -16.8. The summed E-state index contributed by atoms with van der Waals surface area (Å²) in [6, 6.07) is 5.06. The number of allylic oxidation sites excluding steroid dienone is 2. The van der Waals surface area contributed by atoms with Crippen molar-refractivity contribution >= 4 is 11.6 Å². The molecule has 0 aromatic heterocycles. The minimum Gasteiger partial charge on any atom is -0.289 e. The highest BCUT2D eigenvalue weighted by Gasteiger charge is 2.78. The zero-order valence-electron chi connectivity index (χ0n) is 18.6. The molecule has 1 aliphatic rings. The van der Waals surface area contributed by atoms with Crippen LogP contribution in [0.5, 0.6) is 0 Å². The second-order valence-electron chi connectivity index (χ2n) is 8.20. The topological polar surface area (TPSA) is 43.4 Å². The summed E-state index contributed by atoms with van der Waals surface area (Å²) in [7, 11) is 0. The summed E-state index contributed by atoms with van der Waals surface area (Å²) >= 11 is 0. The molecule has 0 aliphatic heterocycles. The van der Waals surface area contributed by atoms with Crippen LogP contribution in [0.25, 0.3) is 0 Å². The van der Waals surface area contributed by atoms with E-state index in [4.69, 9.17) is 0 Å². The summed E-state index contributed by atoms with van der Waals surface area (Å²) < 4.78 is 149. The Labute approximate surface area is 197 Å². The van der Waals surface area contributed by atoms with Gasteiger partial charge in [-0.2, -0.15) is 43.9 Å². The number of carbonyl (C=O) groups excluding carboxylic acids is 2. The van der Waals surface area contributed by atoms with Crippen molar-refractivity contribution in [3.8, 4) is 0 Å². The minimum atomic E-state index is -7.19. The molecule has 36 heavy (non-hydrogen) atoms. The molecule has 0 saturated heterocycles. The van der Waals surface area contributed by atoms with Crippen molar-refractivity contribution in [2.24, 2.45) is 5.92 Å². The summed E-state index contributed by atoms with van der Waals surface area (Å²) in [6.07, 6.45) is -23.2. The first-order valence-electron chi connectivity index (χ1n) is 10.4. The van der Waals surface area contributed by atoms with E-state index in [0.717, 1.165) is 13.0 Å². The molecule has 3 nitrogen and oxygen atoms in total. The van der Waals surface area contributed by atoms with E-state index >= 15 is 4.39 Å². The van der Waals surface area contributed by atoms with Gasteiger partial charge in [0.05, 0.1) is 0 Å². The fourth-order valence-corrected chi connectivity index (χ4v) is 3.77. The first-order chi connectivity index (χ1) is 16.2. The lowest BCUT2D eigenvalue weighted by atomic mass is 9.75. The number of benzene rings is 1. The Bertz CT molecular complexity index is 1040. The van der Waals surface area contributed by atoms with E-state index < -0.39 is 71.7 Å². The van der Waals surface area contributed by atoms with Crippen molar-refractivity contribution in [3.05, 3.63) is 46.5 Å². The normalized spacial score (nSPS) is 18.2. The molecule has 0 saturated carbocycles. The fourth-order valence-electron chi connectivity index (χ4n) is 3.77. The predicted octanol–water partition coefficient (Wildman–Crippen LogP) is 7.61. The molecule has 0 N–H and O–H groups in total. The van der Waals surface area contributed by atoms with Gasteiger partial charge in [0.2, 0.25) is 0 Å². The van der Waals surface area contributed by atoms with Gasteiger partial charge in [-0.3, -0.25) is 14.3 Å². The molecule has 2 atom stereocenters. The monoisotopic (exact) mass is 540 g/mol. The van der Waals surface area contributed by atoms with Gasteiger partial charge in [-0.15, -0.1) is 0 Å². The largest absolute Gasteiger partial charge is 0.462 e. The summed E-state index contributed by atoms with van der Waals surface area (Å²) in [5, 5.41) is 0. The van der Waals surface area contributed by atoms with Gasteiger partial charge < -0.3 is 0 Å². The maximum atomic E-state index is 15.0. The number of hydrogen-bond acceptors (Lipinski definition) is 3. The minimum absolute atomic E-state index is 0.0480. The van der Waals surface area contributed by atoms with Gasteiger partial charge in [0.15, 0.2) is 11.6 Å². The van der Waals surface area contributed by atoms with Crippen molar-refractivity contribution in [3.63, 3.8) is 0 Å². The highest BCUT2D eigenvalue weighted by atomic mass is 19.4. The molecule has 0 spiro atoms. The Morgan fingerprint density at radius 2 is 1.31 bits per heavy atom. The number of halogens is 11. The van der Waals surface area contributed by atoms with Crippen LogP contribution in [0.2, 0.25) is 0 Å². The molecule has 1 aromatic rings. The Morgan fingerprint density at radius 3 is 1.75 bits per heavy atom. The molecule has 0 bridgehead atoms. The third kappa shape index (κ3) is 5.28. The zero-order chi connectivity index (χ0) is 27.9. The van der Waals surface area contributed by atoms with E-state index in [2.05, 4.69) is 4.74 Å². The average Bonchev–Trinajstić information content (AvgIpc) is 2.73. The average molecular weight is 540 g/mol. The molecule has 202 valence electrons. The van der Waals surface area contributed by atoms with Crippen molar-refractivity contribution in [2.75, 3.05) is 0 Å². The van der Waals surface area contributed by atoms with E-state index in [-0.39, 0.29) is 24.0 Å². The number of carbonyl (C=O) groups is 2. The van der Waals surface area contributed by atoms with Crippen LogP contribution in [-0.2, 0) is 4.74 Å². The highest BCUT2D eigenvalue weighted by molar-refractivity contribution is 6.26. The van der Waals surface area contributed by atoms with Crippen molar-refractivity contribution in [2.45, 2.75) is 69.8 Å². The first-order valence-corrected chi connectivity index (χ1v) is 10.4. The maximum absolute atomic E-state index is 15.0. The fraction of sp³-hybridized carbons (Fsp3) is 0.545. The highest BCUT2D eigenvalue weighted by Crippen LogP contribution is 2.53. The number of unbranched alkanes of at least 4 members (excludes halogenated alkanes) is 1. The molecular formula is C22H19F11O3. The molecule has 0 heterocycles. The van der Waals surface area contributed by atoms with Crippen LogP contribution in [-0.4, -0.2) is 41.8 Å². The van der Waals surface area contributed by atoms with Crippen LogP contribution in [0.15, 0.2) is 35.4 Å². The van der Waals surface area contributed by atoms with Gasteiger partial charge in [-0.1, -0.05) is 44.0 Å². The number of ketones is 2. The van der Waals surface area contributed by atoms with Gasteiger partial charge >= 0.3 is 30.2 Å². The molecule has 0 amide bonds. The van der Waals surface area contributed by atoms with Gasteiger partial charge in [0.25, 0.3) is 0 Å². The van der Waals surface area contributed by atoms with Gasteiger partial charge in [-0.25, -0.2) is 4.39 Å². The molecular weight excluding hydrogens is 521 g/mol. The van der Waals surface area contributed by atoms with Crippen molar-refractivity contribution < 1.29 is 62.6 Å². The van der Waals surface area contributed by atoms with Crippen molar-refractivity contribution in [1.82, 2.24) is 0 Å². The van der Waals surface area contributed by atoms with Crippen LogP contribution < -0.4 is 0 Å². The van der Waals surface area contributed by atoms with E-state index in [1.807, 2.05) is 0 Å². The lowest BCUT2D eigenvalue weighted by molar-refractivity contribution is -0.484. The van der Waals surface area contributed by atoms with Crippen molar-refractivity contribution in [1.29, 1.82) is 0 Å². The van der Waals surface area contributed by atoms with Crippen LogP contribution in [0.1, 0.15) is 60.2 Å². The zero-order valence-corrected chi connectivity index (χ0v) is 18.6. The number of rotatable bonds is 9. The quantitative estimate of drug-likeness (QED) is 0.303. The molecule has 1 aromatic carbocycles. The molecule has 0 fully saturated rings. The van der Waals surface area contributed by atoms with Gasteiger partial charge in [0, 0.05) is 28.7 Å². The summed E-state index contributed by atoms with van der Waals surface area (Å²) in [5.41, 5.74) is -1.56. The van der Waals surface area contributed by atoms with E-state index in [9.17, 15) is 53.5 Å². The molecule has 2 rings (SSSR count). The number of alkyl halides is 11. The summed E-state index contributed by atoms with van der Waals surface area (Å²) in [4.78, 5) is 25.7. The third-order valence-electron chi connectivity index (χ3n) is 5.66. The van der Waals surface area contributed by atoms with Crippen LogP contribution in [0, 0.1) is 5.92 Å². The van der Waals surface area contributed by atoms with Crippen LogP contribution >= 0.6 is 0 Å². The Morgan fingerprint density at radius 1 is 0.806 bits per heavy atom. The second kappa shape index (κ2) is 9.75. The molecule has 1 aliphatic carbocycles. The lowest BCUT2D eigenvalue weighted by Crippen LogP contribution is -2.59. The van der Waals surface area contributed by atoms with Gasteiger partial charge in [-0.05, 0) is 19.3 Å². The Hall–Kier alpha value is -2.51. The molecule has 0 radical (unpaired) electrons. The summed E-state index contributed by atoms with van der Waals surface area (Å²) in [6.45, 7) is 2.54. The smallest absolute Gasteiger partial charge is 0.289 e.